The zero-order valence-corrected chi connectivity index (χ0v) is 13.6. The Morgan fingerprint density at radius 3 is 2.71 bits per heavy atom. The normalized spacial score (nSPS) is 12.3. The minimum absolute atomic E-state index is 0.325. The highest BCUT2D eigenvalue weighted by molar-refractivity contribution is 7.13. The van der Waals surface area contributed by atoms with Gasteiger partial charge in [-0.1, -0.05) is 0 Å². The van der Waals surface area contributed by atoms with Crippen LogP contribution in [0.1, 0.15) is 19.5 Å². The maximum absolute atomic E-state index is 5.45. The fourth-order valence-corrected chi connectivity index (χ4v) is 2.79. The van der Waals surface area contributed by atoms with Gasteiger partial charge in [-0.25, -0.2) is 4.98 Å². The Bertz CT molecular complexity index is 539. The van der Waals surface area contributed by atoms with Crippen LogP contribution in [-0.4, -0.2) is 31.3 Å². The smallest absolute Gasteiger partial charge is 0.123 e. The maximum atomic E-state index is 5.45. The van der Waals surface area contributed by atoms with Gasteiger partial charge in [-0.3, -0.25) is 0 Å². The molecule has 0 aliphatic carbocycles. The molecule has 0 amide bonds. The average Bonchev–Trinajstić information content (AvgIpc) is 2.95. The predicted molar refractivity (Wildman–Crippen MR) is 86.9 cm³/mol. The molecule has 0 fully saturated rings. The first kappa shape index (κ1) is 15.9. The molecule has 5 heteroatoms. The van der Waals surface area contributed by atoms with Crippen LogP contribution in [0.2, 0.25) is 0 Å². The Morgan fingerprint density at radius 1 is 1.29 bits per heavy atom. The van der Waals surface area contributed by atoms with E-state index in [4.69, 9.17) is 9.47 Å². The number of nitrogens with one attached hydrogen (secondary N) is 1. The quantitative estimate of drug-likeness (QED) is 0.812. The largest absolute Gasteiger partial charge is 0.494 e. The van der Waals surface area contributed by atoms with Crippen LogP contribution in [-0.2, 0) is 11.3 Å². The Morgan fingerprint density at radius 2 is 2.05 bits per heavy atom. The molecule has 0 saturated heterocycles. The second kappa shape index (κ2) is 8.12. The van der Waals surface area contributed by atoms with Crippen molar-refractivity contribution in [2.24, 2.45) is 0 Å². The third kappa shape index (κ3) is 4.81. The molecule has 0 bridgehead atoms. The molecule has 1 aromatic heterocycles. The monoisotopic (exact) mass is 306 g/mol. The lowest BCUT2D eigenvalue weighted by Crippen LogP contribution is -2.29. The van der Waals surface area contributed by atoms with Crippen molar-refractivity contribution in [2.75, 3.05) is 20.3 Å². The maximum Gasteiger partial charge on any atom is 0.123 e. The van der Waals surface area contributed by atoms with Crippen LogP contribution in [0.4, 0.5) is 0 Å². The molecule has 0 unspecified atom stereocenters. The van der Waals surface area contributed by atoms with Gasteiger partial charge in [0.1, 0.15) is 10.8 Å². The summed E-state index contributed by atoms with van der Waals surface area (Å²) in [5, 5.41) is 6.52. The van der Waals surface area contributed by atoms with Gasteiger partial charge in [0.05, 0.1) is 18.9 Å². The van der Waals surface area contributed by atoms with Gasteiger partial charge in [-0.05, 0) is 38.1 Å². The summed E-state index contributed by atoms with van der Waals surface area (Å²) in [6.45, 7) is 6.24. The van der Waals surface area contributed by atoms with Crippen molar-refractivity contribution in [2.45, 2.75) is 26.4 Å². The molecule has 114 valence electrons. The molecule has 0 spiro atoms. The van der Waals surface area contributed by atoms with Gasteiger partial charge < -0.3 is 14.8 Å². The highest BCUT2D eigenvalue weighted by atomic mass is 32.1. The number of aromatic nitrogens is 1. The van der Waals surface area contributed by atoms with E-state index >= 15 is 0 Å². The fourth-order valence-electron chi connectivity index (χ4n) is 1.97. The van der Waals surface area contributed by atoms with Crippen molar-refractivity contribution in [3.05, 3.63) is 35.3 Å². The molecule has 2 rings (SSSR count). The second-order valence-corrected chi connectivity index (χ2v) is 5.70. The van der Waals surface area contributed by atoms with Crippen molar-refractivity contribution >= 4 is 11.3 Å². The molecular weight excluding hydrogens is 284 g/mol. The van der Waals surface area contributed by atoms with E-state index in [2.05, 4.69) is 34.7 Å². The topological polar surface area (TPSA) is 43.4 Å². The van der Waals surface area contributed by atoms with E-state index in [1.807, 2.05) is 19.1 Å². The van der Waals surface area contributed by atoms with E-state index in [0.717, 1.165) is 28.6 Å². The first-order valence-corrected chi connectivity index (χ1v) is 8.00. The van der Waals surface area contributed by atoms with Gasteiger partial charge in [0, 0.05) is 30.6 Å². The third-order valence-corrected chi connectivity index (χ3v) is 3.95. The van der Waals surface area contributed by atoms with Gasteiger partial charge in [-0.2, -0.15) is 0 Å². The molecular formula is C16H22N2O2S. The summed E-state index contributed by atoms with van der Waals surface area (Å²) in [4.78, 5) is 4.66. The van der Waals surface area contributed by atoms with Crippen LogP contribution in [0.25, 0.3) is 10.6 Å². The van der Waals surface area contributed by atoms with Crippen molar-refractivity contribution in [3.8, 4) is 16.3 Å². The first-order valence-electron chi connectivity index (χ1n) is 7.13. The number of methoxy groups -OCH3 is 1. The molecule has 0 aliphatic heterocycles. The molecule has 1 atom stereocenters. The van der Waals surface area contributed by atoms with E-state index in [1.54, 1.807) is 18.4 Å². The highest BCUT2D eigenvalue weighted by Gasteiger charge is 2.06. The summed E-state index contributed by atoms with van der Waals surface area (Å²) in [6, 6.07) is 8.39. The fraction of sp³-hybridized carbons (Fsp3) is 0.438. The lowest BCUT2D eigenvalue weighted by Gasteiger charge is -2.10. The molecule has 4 nitrogen and oxygen atoms in total. The van der Waals surface area contributed by atoms with Crippen molar-refractivity contribution in [3.63, 3.8) is 0 Å². The molecule has 1 N–H and O–H groups in total. The lowest BCUT2D eigenvalue weighted by molar-refractivity contribution is 0.171. The standard InChI is InChI=1S/C16H22N2O2S/c1-4-20-15-7-5-13(6-8-15)16-18-14(11-21-16)9-17-12(2)10-19-3/h5-8,11-12,17H,4,9-10H2,1-3H3/t12-/m1/s1. The number of thiazole rings is 1. The number of nitrogens with zero attached hydrogens (tertiary/aromatic N) is 1. The third-order valence-electron chi connectivity index (χ3n) is 3.01. The summed E-state index contributed by atoms with van der Waals surface area (Å²) in [5.41, 5.74) is 2.19. The molecule has 1 heterocycles. The zero-order valence-electron chi connectivity index (χ0n) is 12.8. The number of hydrogen-bond acceptors (Lipinski definition) is 5. The van der Waals surface area contributed by atoms with Crippen molar-refractivity contribution in [1.29, 1.82) is 0 Å². The van der Waals surface area contributed by atoms with E-state index < -0.39 is 0 Å². The SMILES string of the molecule is CCOc1ccc(-c2nc(CN[C@H](C)COC)cs2)cc1. The van der Waals surface area contributed by atoms with Crippen LogP contribution in [0, 0.1) is 0 Å². The van der Waals surface area contributed by atoms with E-state index in [1.165, 1.54) is 0 Å². The van der Waals surface area contributed by atoms with Crippen LogP contribution in [0.15, 0.2) is 29.6 Å². The Hall–Kier alpha value is -1.43. The van der Waals surface area contributed by atoms with Crippen LogP contribution >= 0.6 is 11.3 Å². The predicted octanol–water partition coefficient (Wildman–Crippen LogP) is 3.33. The molecule has 0 saturated carbocycles. The Labute approximate surface area is 130 Å². The molecule has 0 aliphatic rings. The number of ether oxygens (including phenoxy) is 2. The minimum atomic E-state index is 0.325. The van der Waals surface area contributed by atoms with Gasteiger partial charge in [-0.15, -0.1) is 11.3 Å². The summed E-state index contributed by atoms with van der Waals surface area (Å²) >= 11 is 1.66. The van der Waals surface area contributed by atoms with Crippen LogP contribution < -0.4 is 10.1 Å². The van der Waals surface area contributed by atoms with E-state index in [-0.39, 0.29) is 0 Å². The molecule has 0 radical (unpaired) electrons. The average molecular weight is 306 g/mol. The molecule has 21 heavy (non-hydrogen) atoms. The van der Waals surface area contributed by atoms with Crippen LogP contribution in [0.3, 0.4) is 0 Å². The summed E-state index contributed by atoms with van der Waals surface area (Å²) in [6.07, 6.45) is 0. The Balaban J connectivity index is 1.95. The summed E-state index contributed by atoms with van der Waals surface area (Å²) in [5.74, 6) is 0.896. The van der Waals surface area contributed by atoms with Gasteiger partial charge in [0.25, 0.3) is 0 Å². The van der Waals surface area contributed by atoms with Gasteiger partial charge in [0.15, 0.2) is 0 Å². The minimum Gasteiger partial charge on any atom is -0.494 e. The molecule has 1 aromatic carbocycles. The van der Waals surface area contributed by atoms with Crippen LogP contribution in [0.5, 0.6) is 5.75 Å². The first-order chi connectivity index (χ1) is 10.2. The van der Waals surface area contributed by atoms with Crippen molar-refractivity contribution < 1.29 is 9.47 Å². The Kier molecular flexibility index (Phi) is 6.17. The van der Waals surface area contributed by atoms with Gasteiger partial charge in [0.2, 0.25) is 0 Å². The van der Waals surface area contributed by atoms with E-state index in [9.17, 15) is 0 Å². The number of benzene rings is 1. The zero-order chi connectivity index (χ0) is 15.1. The second-order valence-electron chi connectivity index (χ2n) is 4.84. The lowest BCUT2D eigenvalue weighted by atomic mass is 10.2. The van der Waals surface area contributed by atoms with Crippen molar-refractivity contribution in [1.82, 2.24) is 10.3 Å². The summed E-state index contributed by atoms with van der Waals surface area (Å²) in [7, 11) is 1.71. The summed E-state index contributed by atoms with van der Waals surface area (Å²) < 4.78 is 10.6. The number of rotatable bonds is 8. The highest BCUT2D eigenvalue weighted by Crippen LogP contribution is 2.25. The van der Waals surface area contributed by atoms with Gasteiger partial charge >= 0.3 is 0 Å². The van der Waals surface area contributed by atoms with E-state index in [0.29, 0.717) is 19.3 Å². The molecule has 2 aromatic rings. The number of hydrogen-bond donors (Lipinski definition) is 1.